The summed E-state index contributed by atoms with van der Waals surface area (Å²) in [6.07, 6.45) is 6.12. The molecule has 0 aromatic carbocycles. The standard InChI is InChI=1S/C24H25ClN6O/c1-15-16(5-6-21(28-15)32-17-3-2-4-17)12-31-10-7-18-20(13-31)19(11-26)22(25)29-23(18)30-24(14-27)8-9-24/h5-6,17H,2-4,7-10,12-13H2,1H3,(H,29,30). The van der Waals surface area contributed by atoms with Gasteiger partial charge in [0.05, 0.1) is 11.6 Å². The topological polar surface area (TPSA) is 97.9 Å². The zero-order valence-corrected chi connectivity index (χ0v) is 18.9. The first kappa shape index (κ1) is 21.0. The summed E-state index contributed by atoms with van der Waals surface area (Å²) in [7, 11) is 0. The van der Waals surface area contributed by atoms with E-state index in [1.807, 2.05) is 13.0 Å². The van der Waals surface area contributed by atoms with E-state index < -0.39 is 5.54 Å². The van der Waals surface area contributed by atoms with Gasteiger partial charge in [-0.1, -0.05) is 17.7 Å². The first-order chi connectivity index (χ1) is 15.5. The number of pyridine rings is 2. The SMILES string of the molecule is Cc1nc(OC2CCC2)ccc1CN1CCc2c(NC3(C#N)CC3)nc(Cl)c(C#N)c2C1. The van der Waals surface area contributed by atoms with Crippen LogP contribution in [-0.4, -0.2) is 33.1 Å². The molecule has 1 aliphatic heterocycles. The summed E-state index contributed by atoms with van der Waals surface area (Å²) < 4.78 is 5.92. The fraction of sp³-hybridized carbons (Fsp3) is 0.500. The van der Waals surface area contributed by atoms with Gasteiger partial charge in [0.25, 0.3) is 0 Å². The molecule has 5 rings (SSSR count). The third kappa shape index (κ3) is 3.99. The molecule has 3 aliphatic rings. The first-order valence-electron chi connectivity index (χ1n) is 11.2. The van der Waals surface area contributed by atoms with Crippen molar-refractivity contribution >= 4 is 17.4 Å². The van der Waals surface area contributed by atoms with Gasteiger partial charge in [-0.15, -0.1) is 0 Å². The molecular formula is C24H25ClN6O. The summed E-state index contributed by atoms with van der Waals surface area (Å²) in [4.78, 5) is 11.4. The zero-order chi connectivity index (χ0) is 22.3. The molecule has 8 heteroatoms. The molecule has 0 spiro atoms. The van der Waals surface area contributed by atoms with Gasteiger partial charge < -0.3 is 10.1 Å². The van der Waals surface area contributed by atoms with Gasteiger partial charge in [0, 0.05) is 37.0 Å². The van der Waals surface area contributed by atoms with Crippen molar-refractivity contribution in [3.63, 3.8) is 0 Å². The molecule has 2 fully saturated rings. The molecule has 3 heterocycles. The Labute approximate surface area is 193 Å². The van der Waals surface area contributed by atoms with Crippen LogP contribution in [0.4, 0.5) is 5.82 Å². The number of aromatic nitrogens is 2. The predicted molar refractivity (Wildman–Crippen MR) is 120 cm³/mol. The number of nitriles is 2. The molecule has 0 unspecified atom stereocenters. The number of hydrogen-bond acceptors (Lipinski definition) is 7. The van der Waals surface area contributed by atoms with Crippen LogP contribution in [-0.2, 0) is 19.5 Å². The van der Waals surface area contributed by atoms with Crippen LogP contribution >= 0.6 is 11.6 Å². The second kappa shape index (κ2) is 8.24. The molecular weight excluding hydrogens is 424 g/mol. The summed E-state index contributed by atoms with van der Waals surface area (Å²) in [5.41, 5.74) is 3.91. The number of nitrogens with one attached hydrogen (secondary N) is 1. The second-order valence-electron chi connectivity index (χ2n) is 9.04. The van der Waals surface area contributed by atoms with Crippen molar-refractivity contribution in [3.05, 3.63) is 45.2 Å². The fourth-order valence-electron chi connectivity index (χ4n) is 4.32. The molecule has 2 aliphatic carbocycles. The minimum Gasteiger partial charge on any atom is -0.474 e. The zero-order valence-electron chi connectivity index (χ0n) is 18.1. The van der Waals surface area contributed by atoms with Gasteiger partial charge >= 0.3 is 0 Å². The summed E-state index contributed by atoms with van der Waals surface area (Å²) in [5, 5.41) is 22.7. The Morgan fingerprint density at radius 2 is 2.06 bits per heavy atom. The van der Waals surface area contributed by atoms with Gasteiger partial charge in [-0.2, -0.15) is 10.5 Å². The van der Waals surface area contributed by atoms with Crippen LogP contribution in [0, 0.1) is 29.6 Å². The maximum absolute atomic E-state index is 9.71. The molecule has 0 saturated heterocycles. The van der Waals surface area contributed by atoms with Gasteiger partial charge in [0.1, 0.15) is 28.7 Å². The average molecular weight is 449 g/mol. The largest absolute Gasteiger partial charge is 0.474 e. The molecule has 2 aromatic heterocycles. The number of aryl methyl sites for hydroxylation is 1. The molecule has 2 saturated carbocycles. The van der Waals surface area contributed by atoms with E-state index in [0.717, 1.165) is 67.6 Å². The Kier molecular flexibility index (Phi) is 5.41. The molecule has 0 bridgehead atoms. The van der Waals surface area contributed by atoms with E-state index in [1.54, 1.807) is 0 Å². The Balaban J connectivity index is 1.35. The number of fused-ring (bicyclic) bond motifs is 1. The Hall–Kier alpha value is -2.87. The lowest BCUT2D eigenvalue weighted by molar-refractivity contribution is 0.114. The number of rotatable bonds is 6. The predicted octanol–water partition coefficient (Wildman–Crippen LogP) is 4.27. The number of nitrogens with zero attached hydrogens (tertiary/aromatic N) is 5. The van der Waals surface area contributed by atoms with Crippen LogP contribution in [0.1, 0.15) is 60.1 Å². The van der Waals surface area contributed by atoms with Crippen LogP contribution in [0.3, 0.4) is 0 Å². The van der Waals surface area contributed by atoms with Gasteiger partial charge in [-0.25, -0.2) is 9.97 Å². The van der Waals surface area contributed by atoms with E-state index >= 15 is 0 Å². The Morgan fingerprint density at radius 3 is 2.69 bits per heavy atom. The summed E-state index contributed by atoms with van der Waals surface area (Å²) in [6.45, 7) is 4.18. The van der Waals surface area contributed by atoms with Crippen LogP contribution < -0.4 is 10.1 Å². The van der Waals surface area contributed by atoms with Crippen molar-refractivity contribution in [1.82, 2.24) is 14.9 Å². The molecule has 1 N–H and O–H groups in total. The maximum Gasteiger partial charge on any atom is 0.213 e. The summed E-state index contributed by atoms with van der Waals surface area (Å²) in [5.74, 6) is 1.35. The van der Waals surface area contributed by atoms with E-state index in [1.165, 1.54) is 6.42 Å². The second-order valence-corrected chi connectivity index (χ2v) is 9.40. The number of anilines is 1. The molecule has 0 radical (unpaired) electrons. The first-order valence-corrected chi connectivity index (χ1v) is 11.5. The lowest BCUT2D eigenvalue weighted by Crippen LogP contribution is -2.33. The van der Waals surface area contributed by atoms with Crippen LogP contribution in [0.5, 0.6) is 5.88 Å². The van der Waals surface area contributed by atoms with Crippen molar-refractivity contribution in [2.45, 2.75) is 70.2 Å². The van der Waals surface area contributed by atoms with Crippen LogP contribution in [0.15, 0.2) is 12.1 Å². The number of hydrogen-bond donors (Lipinski definition) is 1. The molecule has 7 nitrogen and oxygen atoms in total. The fourth-order valence-corrected chi connectivity index (χ4v) is 4.57. The number of halogens is 1. The van der Waals surface area contributed by atoms with Crippen LogP contribution in [0.25, 0.3) is 0 Å². The van der Waals surface area contributed by atoms with Crippen molar-refractivity contribution < 1.29 is 4.74 Å². The highest BCUT2D eigenvalue weighted by molar-refractivity contribution is 6.30. The normalized spacial score (nSPS) is 19.2. The van der Waals surface area contributed by atoms with Gasteiger partial charge in [0.15, 0.2) is 0 Å². The lowest BCUT2D eigenvalue weighted by Gasteiger charge is -2.31. The monoisotopic (exact) mass is 448 g/mol. The van der Waals surface area contributed by atoms with E-state index in [0.29, 0.717) is 29.9 Å². The van der Waals surface area contributed by atoms with Crippen molar-refractivity contribution in [3.8, 4) is 18.0 Å². The van der Waals surface area contributed by atoms with E-state index in [2.05, 4.69) is 38.4 Å². The minimum atomic E-state index is -0.540. The highest BCUT2D eigenvalue weighted by Gasteiger charge is 2.44. The summed E-state index contributed by atoms with van der Waals surface area (Å²) in [6, 6.07) is 8.62. The maximum atomic E-state index is 9.71. The van der Waals surface area contributed by atoms with Gasteiger partial charge in [0.2, 0.25) is 5.88 Å². The smallest absolute Gasteiger partial charge is 0.213 e. The van der Waals surface area contributed by atoms with Gasteiger partial charge in [-0.3, -0.25) is 4.90 Å². The average Bonchev–Trinajstić information content (AvgIpc) is 3.52. The molecule has 0 amide bonds. The van der Waals surface area contributed by atoms with E-state index in [9.17, 15) is 10.5 Å². The van der Waals surface area contributed by atoms with Crippen molar-refractivity contribution in [2.24, 2.45) is 0 Å². The van der Waals surface area contributed by atoms with E-state index in [4.69, 9.17) is 16.3 Å². The van der Waals surface area contributed by atoms with Gasteiger partial charge in [-0.05, 0) is 56.6 Å². The quantitative estimate of drug-likeness (QED) is 0.659. The lowest BCUT2D eigenvalue weighted by atomic mass is 9.96. The minimum absolute atomic E-state index is 0.194. The third-order valence-corrected chi connectivity index (χ3v) is 7.04. The molecule has 32 heavy (non-hydrogen) atoms. The Morgan fingerprint density at radius 1 is 1.25 bits per heavy atom. The molecule has 2 aromatic rings. The van der Waals surface area contributed by atoms with Crippen molar-refractivity contribution in [2.75, 3.05) is 11.9 Å². The Bertz CT molecular complexity index is 1140. The number of ether oxygens (including phenoxy) is 1. The molecule has 164 valence electrons. The summed E-state index contributed by atoms with van der Waals surface area (Å²) >= 11 is 6.37. The third-order valence-electron chi connectivity index (χ3n) is 6.76. The van der Waals surface area contributed by atoms with Crippen molar-refractivity contribution in [1.29, 1.82) is 10.5 Å². The highest BCUT2D eigenvalue weighted by Crippen LogP contribution is 2.41. The highest BCUT2D eigenvalue weighted by atomic mass is 35.5. The van der Waals surface area contributed by atoms with E-state index in [-0.39, 0.29) is 5.15 Å². The van der Waals surface area contributed by atoms with Crippen LogP contribution in [0.2, 0.25) is 5.15 Å². The molecule has 0 atom stereocenters.